The summed E-state index contributed by atoms with van der Waals surface area (Å²) < 4.78 is 0. The number of carbonyl (C=O) groups excluding carboxylic acids is 1. The molecule has 0 radical (unpaired) electrons. The lowest BCUT2D eigenvalue weighted by molar-refractivity contribution is -0.134. The monoisotopic (exact) mass is 282 g/mol. The van der Waals surface area contributed by atoms with E-state index in [1.54, 1.807) is 6.20 Å². The number of nitrogens with one attached hydrogen (secondary N) is 1. The molecule has 1 fully saturated rings. The summed E-state index contributed by atoms with van der Waals surface area (Å²) in [5.41, 5.74) is 0. The Kier molecular flexibility index (Phi) is 4.58. The standard InChI is InChI=1S/C13H19ClN4O/c1-9-5-3-4-6-18(9)13(19)10(2)16-12-8-15-7-11(14)17-12/h7-10H,3-6H2,1-2H3,(H,16,17). The second-order valence-electron chi connectivity index (χ2n) is 4.97. The molecule has 1 N–H and O–H groups in total. The van der Waals surface area contributed by atoms with Crippen molar-refractivity contribution in [3.05, 3.63) is 17.5 Å². The molecule has 1 saturated heterocycles. The number of hydrogen-bond donors (Lipinski definition) is 1. The smallest absolute Gasteiger partial charge is 0.245 e. The van der Waals surface area contributed by atoms with E-state index in [9.17, 15) is 4.79 Å². The van der Waals surface area contributed by atoms with Gasteiger partial charge in [-0.05, 0) is 33.1 Å². The van der Waals surface area contributed by atoms with Gasteiger partial charge in [0, 0.05) is 12.6 Å². The molecule has 1 aliphatic heterocycles. The van der Waals surface area contributed by atoms with Gasteiger partial charge in [-0.3, -0.25) is 9.78 Å². The van der Waals surface area contributed by atoms with Crippen molar-refractivity contribution in [1.82, 2.24) is 14.9 Å². The second-order valence-corrected chi connectivity index (χ2v) is 5.36. The van der Waals surface area contributed by atoms with Crippen molar-refractivity contribution in [2.45, 2.75) is 45.2 Å². The Morgan fingerprint density at radius 2 is 2.32 bits per heavy atom. The normalized spacial score (nSPS) is 21.0. The van der Waals surface area contributed by atoms with Crippen LogP contribution < -0.4 is 5.32 Å². The fourth-order valence-electron chi connectivity index (χ4n) is 2.37. The number of aromatic nitrogens is 2. The molecule has 0 saturated carbocycles. The number of carbonyl (C=O) groups is 1. The minimum absolute atomic E-state index is 0.106. The summed E-state index contributed by atoms with van der Waals surface area (Å²) in [5, 5.41) is 3.37. The molecule has 6 heteroatoms. The van der Waals surface area contributed by atoms with Crippen LogP contribution in [0.15, 0.2) is 12.4 Å². The van der Waals surface area contributed by atoms with Crippen molar-refractivity contribution in [1.29, 1.82) is 0 Å². The zero-order chi connectivity index (χ0) is 13.8. The van der Waals surface area contributed by atoms with Crippen molar-refractivity contribution >= 4 is 23.3 Å². The van der Waals surface area contributed by atoms with E-state index in [0.29, 0.717) is 17.0 Å². The molecule has 2 atom stereocenters. The van der Waals surface area contributed by atoms with E-state index in [2.05, 4.69) is 22.2 Å². The SMILES string of the molecule is CC(Nc1cncc(Cl)n1)C(=O)N1CCCCC1C. The molecule has 1 aromatic rings. The lowest BCUT2D eigenvalue weighted by atomic mass is 10.0. The predicted octanol–water partition coefficient (Wildman–Crippen LogP) is 2.33. The first-order chi connectivity index (χ1) is 9.08. The maximum atomic E-state index is 12.4. The van der Waals surface area contributed by atoms with E-state index in [0.717, 1.165) is 19.4 Å². The number of amides is 1. The Balaban J connectivity index is 1.99. The molecule has 104 valence electrons. The van der Waals surface area contributed by atoms with Gasteiger partial charge >= 0.3 is 0 Å². The highest BCUT2D eigenvalue weighted by atomic mass is 35.5. The maximum Gasteiger partial charge on any atom is 0.245 e. The van der Waals surface area contributed by atoms with E-state index in [1.807, 2.05) is 11.8 Å². The predicted molar refractivity (Wildman–Crippen MR) is 75.2 cm³/mol. The van der Waals surface area contributed by atoms with E-state index in [-0.39, 0.29) is 11.9 Å². The summed E-state index contributed by atoms with van der Waals surface area (Å²) in [6.45, 7) is 4.78. The third-order valence-electron chi connectivity index (χ3n) is 3.43. The largest absolute Gasteiger partial charge is 0.357 e. The first-order valence-corrected chi connectivity index (χ1v) is 7.00. The zero-order valence-electron chi connectivity index (χ0n) is 11.3. The molecule has 0 aromatic carbocycles. The molecule has 2 unspecified atom stereocenters. The first-order valence-electron chi connectivity index (χ1n) is 6.62. The van der Waals surface area contributed by atoms with Crippen molar-refractivity contribution < 1.29 is 4.79 Å². The van der Waals surface area contributed by atoms with Crippen LogP contribution in [0.4, 0.5) is 5.82 Å². The summed E-state index contributed by atoms with van der Waals surface area (Å²) in [6, 6.07) is -0.00994. The fraction of sp³-hybridized carbons (Fsp3) is 0.615. The number of anilines is 1. The third kappa shape index (κ3) is 3.56. The van der Waals surface area contributed by atoms with Crippen molar-refractivity contribution in [2.75, 3.05) is 11.9 Å². The van der Waals surface area contributed by atoms with Gasteiger partial charge in [-0.15, -0.1) is 0 Å². The summed E-state index contributed by atoms with van der Waals surface area (Å²) in [5.74, 6) is 0.631. The topological polar surface area (TPSA) is 58.1 Å². The zero-order valence-corrected chi connectivity index (χ0v) is 12.0. The van der Waals surface area contributed by atoms with E-state index in [4.69, 9.17) is 11.6 Å². The summed E-state index contributed by atoms with van der Waals surface area (Å²) >= 11 is 5.77. The van der Waals surface area contributed by atoms with Crippen molar-refractivity contribution in [3.8, 4) is 0 Å². The average molecular weight is 283 g/mol. The van der Waals surface area contributed by atoms with Gasteiger partial charge in [-0.25, -0.2) is 4.98 Å². The Morgan fingerprint density at radius 1 is 1.53 bits per heavy atom. The van der Waals surface area contributed by atoms with Gasteiger partial charge in [-0.1, -0.05) is 11.6 Å². The first kappa shape index (κ1) is 14.1. The van der Waals surface area contributed by atoms with Gasteiger partial charge in [0.1, 0.15) is 17.0 Å². The lowest BCUT2D eigenvalue weighted by Gasteiger charge is -2.35. The summed E-state index contributed by atoms with van der Waals surface area (Å²) in [4.78, 5) is 22.3. The minimum atomic E-state index is -0.326. The van der Waals surface area contributed by atoms with Gasteiger partial charge in [0.05, 0.1) is 12.4 Å². The molecule has 1 amide bonds. The number of nitrogens with zero attached hydrogens (tertiary/aromatic N) is 3. The molecular formula is C13H19ClN4O. The van der Waals surface area contributed by atoms with Crippen LogP contribution in [0.2, 0.25) is 5.15 Å². The third-order valence-corrected chi connectivity index (χ3v) is 3.61. The second kappa shape index (κ2) is 6.19. The van der Waals surface area contributed by atoms with Gasteiger partial charge in [0.2, 0.25) is 5.91 Å². The van der Waals surface area contributed by atoms with Crippen LogP contribution in [0.5, 0.6) is 0 Å². The molecule has 1 aromatic heterocycles. The minimum Gasteiger partial charge on any atom is -0.357 e. The fourth-order valence-corrected chi connectivity index (χ4v) is 2.52. The number of halogens is 1. The van der Waals surface area contributed by atoms with Gasteiger partial charge in [0.25, 0.3) is 0 Å². The van der Waals surface area contributed by atoms with Crippen LogP contribution in [-0.2, 0) is 4.79 Å². The van der Waals surface area contributed by atoms with Crippen LogP contribution in [0.25, 0.3) is 0 Å². The summed E-state index contributed by atoms with van der Waals surface area (Å²) in [6.07, 6.45) is 6.39. The molecule has 5 nitrogen and oxygen atoms in total. The number of likely N-dealkylation sites (tertiary alicyclic amines) is 1. The number of rotatable bonds is 3. The van der Waals surface area contributed by atoms with E-state index < -0.39 is 0 Å². The average Bonchev–Trinajstić information content (AvgIpc) is 2.38. The quantitative estimate of drug-likeness (QED) is 0.924. The highest BCUT2D eigenvalue weighted by Crippen LogP contribution is 2.18. The molecule has 0 aliphatic carbocycles. The van der Waals surface area contributed by atoms with Gasteiger partial charge < -0.3 is 10.2 Å². The van der Waals surface area contributed by atoms with E-state index >= 15 is 0 Å². The van der Waals surface area contributed by atoms with Crippen molar-refractivity contribution in [2.24, 2.45) is 0 Å². The van der Waals surface area contributed by atoms with Crippen LogP contribution >= 0.6 is 11.6 Å². The van der Waals surface area contributed by atoms with Crippen LogP contribution in [0.1, 0.15) is 33.1 Å². The number of piperidine rings is 1. The van der Waals surface area contributed by atoms with Gasteiger partial charge in [0.15, 0.2) is 0 Å². The Hall–Kier alpha value is -1.36. The molecule has 0 spiro atoms. The highest BCUT2D eigenvalue weighted by Gasteiger charge is 2.27. The highest BCUT2D eigenvalue weighted by molar-refractivity contribution is 6.29. The number of hydrogen-bond acceptors (Lipinski definition) is 4. The van der Waals surface area contributed by atoms with Crippen LogP contribution in [-0.4, -0.2) is 39.4 Å². The van der Waals surface area contributed by atoms with Crippen molar-refractivity contribution in [3.63, 3.8) is 0 Å². The van der Waals surface area contributed by atoms with E-state index in [1.165, 1.54) is 12.6 Å². The summed E-state index contributed by atoms with van der Waals surface area (Å²) in [7, 11) is 0. The van der Waals surface area contributed by atoms with Crippen LogP contribution in [0, 0.1) is 0 Å². The Labute approximate surface area is 118 Å². The molecule has 2 rings (SSSR count). The lowest BCUT2D eigenvalue weighted by Crippen LogP contribution is -2.48. The molecule has 1 aliphatic rings. The maximum absolute atomic E-state index is 12.4. The molecule has 2 heterocycles. The Morgan fingerprint density at radius 3 is 3.00 bits per heavy atom. The molecule has 0 bridgehead atoms. The Bertz CT molecular complexity index is 454. The molecule has 19 heavy (non-hydrogen) atoms. The van der Waals surface area contributed by atoms with Gasteiger partial charge in [-0.2, -0.15) is 0 Å². The molecular weight excluding hydrogens is 264 g/mol. The van der Waals surface area contributed by atoms with Crippen LogP contribution in [0.3, 0.4) is 0 Å².